The van der Waals surface area contributed by atoms with Gasteiger partial charge in [0, 0.05) is 28.1 Å². The third kappa shape index (κ3) is 3.48. The molecule has 0 saturated heterocycles. The second-order valence-corrected chi connectivity index (χ2v) is 7.37. The van der Waals surface area contributed by atoms with Gasteiger partial charge in [-0.05, 0) is 51.8 Å². The molecule has 1 fully saturated rings. The molecule has 1 N–H and O–H groups in total. The maximum Gasteiger partial charge on any atom is 0.122 e. The van der Waals surface area contributed by atoms with E-state index in [9.17, 15) is 0 Å². The summed E-state index contributed by atoms with van der Waals surface area (Å²) in [4.78, 5) is 0. The largest absolute Gasteiger partial charge is 0.496 e. The van der Waals surface area contributed by atoms with E-state index in [1.807, 2.05) is 12.1 Å². The first kappa shape index (κ1) is 15.7. The Balaban J connectivity index is 2.35. The van der Waals surface area contributed by atoms with Gasteiger partial charge in [0.15, 0.2) is 0 Å². The van der Waals surface area contributed by atoms with Crippen molar-refractivity contribution in [1.82, 2.24) is 5.32 Å². The van der Waals surface area contributed by atoms with E-state index < -0.39 is 0 Å². The summed E-state index contributed by atoms with van der Waals surface area (Å²) in [6.07, 6.45) is 4.96. The van der Waals surface area contributed by atoms with Gasteiger partial charge < -0.3 is 10.1 Å². The summed E-state index contributed by atoms with van der Waals surface area (Å²) in [6.45, 7) is 7.62. The molecule has 1 aromatic carbocycles. The molecule has 20 heavy (non-hydrogen) atoms. The van der Waals surface area contributed by atoms with Crippen molar-refractivity contribution in [3.8, 4) is 5.75 Å². The number of hydrogen-bond acceptors (Lipinski definition) is 2. The highest BCUT2D eigenvalue weighted by atomic mass is 35.5. The lowest BCUT2D eigenvalue weighted by Gasteiger charge is -2.35. The van der Waals surface area contributed by atoms with E-state index in [0.29, 0.717) is 0 Å². The van der Waals surface area contributed by atoms with Gasteiger partial charge in [0.05, 0.1) is 7.11 Å². The molecule has 1 saturated carbocycles. The van der Waals surface area contributed by atoms with Crippen molar-refractivity contribution in [2.45, 2.75) is 57.4 Å². The molecule has 0 unspecified atom stereocenters. The van der Waals surface area contributed by atoms with Gasteiger partial charge in [-0.3, -0.25) is 0 Å². The SMILES string of the molecule is COc1ccc(Cl)cc1C1(CNC(C)(C)C)CCCC1. The van der Waals surface area contributed by atoms with Gasteiger partial charge in [-0.1, -0.05) is 24.4 Å². The minimum atomic E-state index is 0.126. The van der Waals surface area contributed by atoms with Crippen LogP contribution in [-0.4, -0.2) is 19.2 Å². The van der Waals surface area contributed by atoms with Crippen LogP contribution in [-0.2, 0) is 5.41 Å². The van der Waals surface area contributed by atoms with Gasteiger partial charge in [-0.2, -0.15) is 0 Å². The summed E-state index contributed by atoms with van der Waals surface area (Å²) in [6, 6.07) is 5.99. The van der Waals surface area contributed by atoms with Crippen LogP contribution in [0.2, 0.25) is 5.02 Å². The summed E-state index contributed by atoms with van der Waals surface area (Å²) >= 11 is 6.23. The Morgan fingerprint density at radius 1 is 1.25 bits per heavy atom. The van der Waals surface area contributed by atoms with Gasteiger partial charge in [0.2, 0.25) is 0 Å². The lowest BCUT2D eigenvalue weighted by molar-refractivity contribution is 0.319. The molecule has 1 aliphatic rings. The van der Waals surface area contributed by atoms with Crippen LogP contribution in [0.4, 0.5) is 0 Å². The summed E-state index contributed by atoms with van der Waals surface area (Å²) in [5.74, 6) is 0.965. The Morgan fingerprint density at radius 3 is 2.45 bits per heavy atom. The Labute approximate surface area is 127 Å². The van der Waals surface area contributed by atoms with Crippen LogP contribution in [0.1, 0.15) is 52.0 Å². The lowest BCUT2D eigenvalue weighted by Crippen LogP contribution is -2.45. The van der Waals surface area contributed by atoms with E-state index in [1.165, 1.54) is 31.2 Å². The van der Waals surface area contributed by atoms with Crippen LogP contribution in [0.25, 0.3) is 0 Å². The Morgan fingerprint density at radius 2 is 1.90 bits per heavy atom. The van der Waals surface area contributed by atoms with Crippen molar-refractivity contribution in [3.63, 3.8) is 0 Å². The maximum atomic E-state index is 6.23. The van der Waals surface area contributed by atoms with E-state index in [4.69, 9.17) is 16.3 Å². The van der Waals surface area contributed by atoms with Crippen LogP contribution in [0.15, 0.2) is 18.2 Å². The third-order valence-electron chi connectivity index (χ3n) is 4.25. The summed E-state index contributed by atoms with van der Waals surface area (Å²) in [5, 5.41) is 4.47. The minimum absolute atomic E-state index is 0.126. The van der Waals surface area contributed by atoms with Gasteiger partial charge >= 0.3 is 0 Å². The fourth-order valence-electron chi connectivity index (χ4n) is 3.12. The normalized spacial score (nSPS) is 18.2. The van der Waals surface area contributed by atoms with Gasteiger partial charge in [-0.15, -0.1) is 0 Å². The zero-order chi connectivity index (χ0) is 14.8. The molecule has 0 spiro atoms. The molecule has 0 heterocycles. The number of methoxy groups -OCH3 is 1. The molecule has 0 amide bonds. The van der Waals surface area contributed by atoms with Gasteiger partial charge in [0.25, 0.3) is 0 Å². The van der Waals surface area contributed by atoms with Crippen molar-refractivity contribution in [2.24, 2.45) is 0 Å². The number of hydrogen-bond donors (Lipinski definition) is 1. The van der Waals surface area contributed by atoms with Crippen molar-refractivity contribution < 1.29 is 4.74 Å². The molecule has 0 bridgehead atoms. The summed E-state index contributed by atoms with van der Waals surface area (Å²) in [5.41, 5.74) is 1.55. The fourth-order valence-corrected chi connectivity index (χ4v) is 3.29. The topological polar surface area (TPSA) is 21.3 Å². The molecule has 112 valence electrons. The van der Waals surface area contributed by atoms with E-state index in [0.717, 1.165) is 17.3 Å². The number of ether oxygens (including phenoxy) is 1. The van der Waals surface area contributed by atoms with Crippen LogP contribution >= 0.6 is 11.6 Å². The molecule has 1 aliphatic carbocycles. The fraction of sp³-hybridized carbons (Fsp3) is 0.647. The van der Waals surface area contributed by atoms with Crippen molar-refractivity contribution >= 4 is 11.6 Å². The van der Waals surface area contributed by atoms with Crippen LogP contribution < -0.4 is 10.1 Å². The van der Waals surface area contributed by atoms with Crippen LogP contribution in [0, 0.1) is 0 Å². The number of halogens is 1. The lowest BCUT2D eigenvalue weighted by atomic mass is 9.77. The average Bonchev–Trinajstić information content (AvgIpc) is 2.85. The maximum absolute atomic E-state index is 6.23. The van der Waals surface area contributed by atoms with Crippen molar-refractivity contribution in [1.29, 1.82) is 0 Å². The molecule has 2 rings (SSSR count). The number of benzene rings is 1. The number of nitrogens with one attached hydrogen (secondary N) is 1. The average molecular weight is 296 g/mol. The zero-order valence-corrected chi connectivity index (χ0v) is 13.8. The second-order valence-electron chi connectivity index (χ2n) is 6.94. The van der Waals surface area contributed by atoms with Crippen molar-refractivity contribution in [3.05, 3.63) is 28.8 Å². The monoisotopic (exact) mass is 295 g/mol. The molecular weight excluding hydrogens is 270 g/mol. The molecule has 0 radical (unpaired) electrons. The first-order chi connectivity index (χ1) is 9.36. The molecule has 3 heteroatoms. The number of rotatable bonds is 4. The minimum Gasteiger partial charge on any atom is -0.496 e. The summed E-state index contributed by atoms with van der Waals surface area (Å²) in [7, 11) is 1.74. The highest BCUT2D eigenvalue weighted by molar-refractivity contribution is 6.30. The van der Waals surface area contributed by atoms with E-state index in [-0.39, 0.29) is 11.0 Å². The zero-order valence-electron chi connectivity index (χ0n) is 13.1. The van der Waals surface area contributed by atoms with E-state index >= 15 is 0 Å². The molecule has 0 atom stereocenters. The summed E-state index contributed by atoms with van der Waals surface area (Å²) < 4.78 is 5.58. The molecule has 0 aliphatic heterocycles. The quantitative estimate of drug-likeness (QED) is 0.880. The molecule has 0 aromatic heterocycles. The highest BCUT2D eigenvalue weighted by Crippen LogP contribution is 2.45. The first-order valence-corrected chi connectivity index (χ1v) is 7.83. The van der Waals surface area contributed by atoms with E-state index in [1.54, 1.807) is 7.11 Å². The molecule has 1 aromatic rings. The van der Waals surface area contributed by atoms with Crippen LogP contribution in [0.3, 0.4) is 0 Å². The molecular formula is C17H26ClNO. The smallest absolute Gasteiger partial charge is 0.122 e. The van der Waals surface area contributed by atoms with Crippen LogP contribution in [0.5, 0.6) is 5.75 Å². The Kier molecular flexibility index (Phi) is 4.66. The molecule has 2 nitrogen and oxygen atoms in total. The highest BCUT2D eigenvalue weighted by Gasteiger charge is 2.38. The second kappa shape index (κ2) is 5.95. The Hall–Kier alpha value is -0.730. The Bertz CT molecular complexity index is 459. The first-order valence-electron chi connectivity index (χ1n) is 7.45. The third-order valence-corrected chi connectivity index (χ3v) is 4.49. The predicted molar refractivity (Wildman–Crippen MR) is 85.9 cm³/mol. The standard InChI is InChI=1S/C17H26ClNO/c1-16(2,3)19-12-17(9-5-6-10-17)14-11-13(18)7-8-15(14)20-4/h7-8,11,19H,5-6,9-10,12H2,1-4H3. The van der Waals surface area contributed by atoms with E-state index in [2.05, 4.69) is 32.2 Å². The van der Waals surface area contributed by atoms with Gasteiger partial charge in [-0.25, -0.2) is 0 Å². The van der Waals surface area contributed by atoms with Crippen molar-refractivity contribution in [2.75, 3.05) is 13.7 Å². The predicted octanol–water partition coefficient (Wildman–Crippen LogP) is 4.55. The van der Waals surface area contributed by atoms with Gasteiger partial charge in [0.1, 0.15) is 5.75 Å².